The Labute approximate surface area is 154 Å². The van der Waals surface area contributed by atoms with Crippen LogP contribution in [0.2, 0.25) is 0 Å². The van der Waals surface area contributed by atoms with Gasteiger partial charge in [0.25, 0.3) is 0 Å². The van der Waals surface area contributed by atoms with Crippen LogP contribution in [0.3, 0.4) is 0 Å². The van der Waals surface area contributed by atoms with Crippen LogP contribution >= 0.6 is 0 Å². The van der Waals surface area contributed by atoms with Crippen molar-refractivity contribution >= 4 is 11.9 Å². The molecule has 0 heterocycles. The fourth-order valence-electron chi connectivity index (χ4n) is 3.26. The highest BCUT2D eigenvalue weighted by Gasteiger charge is 2.31. The standard InChI is InChI=1S/C22H24O4/c23-21(25-15-17-7-3-1-4-8-17)19-11-13-20(14-12-19)22(24)26-16-18-9-5-2-6-10-18/h1-10,19-20H,11-16H2. The van der Waals surface area contributed by atoms with Gasteiger partial charge in [-0.05, 0) is 36.8 Å². The molecule has 2 aromatic carbocycles. The van der Waals surface area contributed by atoms with Crippen LogP contribution in [-0.2, 0) is 32.3 Å². The van der Waals surface area contributed by atoms with Crippen molar-refractivity contribution in [1.82, 2.24) is 0 Å². The van der Waals surface area contributed by atoms with Crippen molar-refractivity contribution < 1.29 is 19.1 Å². The van der Waals surface area contributed by atoms with Crippen LogP contribution in [0, 0.1) is 11.8 Å². The van der Waals surface area contributed by atoms with Gasteiger partial charge in [0, 0.05) is 0 Å². The smallest absolute Gasteiger partial charge is 0.309 e. The summed E-state index contributed by atoms with van der Waals surface area (Å²) in [4.78, 5) is 24.4. The maximum atomic E-state index is 12.2. The van der Waals surface area contributed by atoms with E-state index in [1.807, 2.05) is 60.7 Å². The fraction of sp³-hybridized carbons (Fsp3) is 0.364. The van der Waals surface area contributed by atoms with Gasteiger partial charge in [0.15, 0.2) is 0 Å². The van der Waals surface area contributed by atoms with E-state index >= 15 is 0 Å². The van der Waals surface area contributed by atoms with Crippen molar-refractivity contribution in [1.29, 1.82) is 0 Å². The molecule has 1 aliphatic carbocycles. The van der Waals surface area contributed by atoms with Crippen LogP contribution < -0.4 is 0 Å². The largest absolute Gasteiger partial charge is 0.461 e. The zero-order valence-electron chi connectivity index (χ0n) is 14.8. The first kappa shape index (κ1) is 18.2. The van der Waals surface area contributed by atoms with Gasteiger partial charge in [0.1, 0.15) is 13.2 Å². The van der Waals surface area contributed by atoms with E-state index < -0.39 is 0 Å². The molecule has 4 heteroatoms. The predicted octanol–water partition coefficient (Wildman–Crippen LogP) is 4.28. The minimum absolute atomic E-state index is 0.114. The Bertz CT molecular complexity index is 640. The summed E-state index contributed by atoms with van der Waals surface area (Å²) in [6, 6.07) is 19.3. The van der Waals surface area contributed by atoms with E-state index in [0.29, 0.717) is 38.9 Å². The number of esters is 2. The second-order valence-electron chi connectivity index (χ2n) is 6.74. The summed E-state index contributed by atoms with van der Waals surface area (Å²) in [6.07, 6.45) is 2.72. The molecular formula is C22H24O4. The Hall–Kier alpha value is -2.62. The molecule has 4 nitrogen and oxygen atoms in total. The summed E-state index contributed by atoms with van der Waals surface area (Å²) >= 11 is 0. The lowest BCUT2D eigenvalue weighted by Gasteiger charge is -2.26. The average molecular weight is 352 g/mol. The molecule has 1 saturated carbocycles. The third-order valence-corrected chi connectivity index (χ3v) is 4.84. The molecule has 1 aliphatic rings. The van der Waals surface area contributed by atoms with Crippen LogP contribution in [0.4, 0.5) is 0 Å². The van der Waals surface area contributed by atoms with E-state index in [2.05, 4.69) is 0 Å². The maximum Gasteiger partial charge on any atom is 0.309 e. The van der Waals surface area contributed by atoms with Crippen molar-refractivity contribution in [2.45, 2.75) is 38.9 Å². The second kappa shape index (κ2) is 9.18. The monoisotopic (exact) mass is 352 g/mol. The summed E-state index contributed by atoms with van der Waals surface area (Å²) in [5.41, 5.74) is 1.97. The maximum absolute atomic E-state index is 12.2. The molecule has 0 saturated heterocycles. The van der Waals surface area contributed by atoms with Gasteiger partial charge in [-0.3, -0.25) is 9.59 Å². The molecule has 0 aliphatic heterocycles. The van der Waals surface area contributed by atoms with Gasteiger partial charge in [0.05, 0.1) is 11.8 Å². The van der Waals surface area contributed by atoms with Crippen molar-refractivity contribution in [2.24, 2.45) is 11.8 Å². The lowest BCUT2D eigenvalue weighted by molar-refractivity contribution is -0.156. The third-order valence-electron chi connectivity index (χ3n) is 4.84. The molecule has 2 aromatic rings. The number of benzene rings is 2. The zero-order chi connectivity index (χ0) is 18.2. The topological polar surface area (TPSA) is 52.6 Å². The Morgan fingerprint density at radius 3 is 1.35 bits per heavy atom. The van der Waals surface area contributed by atoms with Gasteiger partial charge in [-0.1, -0.05) is 60.7 Å². The van der Waals surface area contributed by atoms with E-state index in [-0.39, 0.29) is 23.8 Å². The number of hydrogen-bond acceptors (Lipinski definition) is 4. The van der Waals surface area contributed by atoms with Crippen molar-refractivity contribution in [2.75, 3.05) is 0 Å². The van der Waals surface area contributed by atoms with E-state index in [9.17, 15) is 9.59 Å². The Kier molecular flexibility index (Phi) is 6.42. The highest BCUT2D eigenvalue weighted by Crippen LogP contribution is 2.30. The van der Waals surface area contributed by atoms with Crippen LogP contribution in [-0.4, -0.2) is 11.9 Å². The van der Waals surface area contributed by atoms with Gasteiger partial charge in [-0.25, -0.2) is 0 Å². The number of rotatable bonds is 6. The SMILES string of the molecule is O=C(OCc1ccccc1)C1CCC(C(=O)OCc2ccccc2)CC1. The molecule has 0 amide bonds. The minimum atomic E-state index is -0.162. The van der Waals surface area contributed by atoms with Crippen LogP contribution in [0.15, 0.2) is 60.7 Å². The lowest BCUT2D eigenvalue weighted by atomic mass is 9.82. The normalized spacial score (nSPS) is 19.5. The van der Waals surface area contributed by atoms with Crippen molar-refractivity contribution in [3.63, 3.8) is 0 Å². The number of carbonyl (C=O) groups excluding carboxylic acids is 2. The summed E-state index contributed by atoms with van der Waals surface area (Å²) in [7, 11) is 0. The van der Waals surface area contributed by atoms with Gasteiger partial charge in [-0.2, -0.15) is 0 Å². The first-order valence-corrected chi connectivity index (χ1v) is 9.13. The first-order valence-electron chi connectivity index (χ1n) is 9.13. The molecule has 0 aromatic heterocycles. The van der Waals surface area contributed by atoms with Gasteiger partial charge >= 0.3 is 11.9 Å². The summed E-state index contributed by atoms with van der Waals surface area (Å²) in [5.74, 6) is -0.552. The minimum Gasteiger partial charge on any atom is -0.461 e. The summed E-state index contributed by atoms with van der Waals surface area (Å²) in [5, 5.41) is 0. The second-order valence-corrected chi connectivity index (χ2v) is 6.74. The van der Waals surface area contributed by atoms with Crippen LogP contribution in [0.25, 0.3) is 0 Å². The molecule has 0 bridgehead atoms. The Morgan fingerprint density at radius 2 is 1.00 bits per heavy atom. The summed E-state index contributed by atoms with van der Waals surface area (Å²) < 4.78 is 10.8. The number of carbonyl (C=O) groups is 2. The summed E-state index contributed by atoms with van der Waals surface area (Å²) in [6.45, 7) is 0.609. The molecule has 0 radical (unpaired) electrons. The van der Waals surface area contributed by atoms with Crippen molar-refractivity contribution in [3.8, 4) is 0 Å². The molecule has 136 valence electrons. The lowest BCUT2D eigenvalue weighted by Crippen LogP contribution is -2.28. The number of hydrogen-bond donors (Lipinski definition) is 0. The average Bonchev–Trinajstić information content (AvgIpc) is 2.72. The zero-order valence-corrected chi connectivity index (χ0v) is 14.8. The first-order chi connectivity index (χ1) is 12.7. The molecule has 0 spiro atoms. The van der Waals surface area contributed by atoms with Gasteiger partial charge < -0.3 is 9.47 Å². The molecule has 0 unspecified atom stereocenters. The highest BCUT2D eigenvalue weighted by atomic mass is 16.5. The molecule has 0 atom stereocenters. The highest BCUT2D eigenvalue weighted by molar-refractivity contribution is 5.75. The fourth-order valence-corrected chi connectivity index (χ4v) is 3.26. The van der Waals surface area contributed by atoms with Crippen molar-refractivity contribution in [3.05, 3.63) is 71.8 Å². The third kappa shape index (κ3) is 5.19. The Balaban J connectivity index is 1.39. The van der Waals surface area contributed by atoms with E-state index in [1.165, 1.54) is 0 Å². The van der Waals surface area contributed by atoms with E-state index in [0.717, 1.165) is 11.1 Å². The van der Waals surface area contributed by atoms with Crippen LogP contribution in [0.5, 0.6) is 0 Å². The molecule has 1 fully saturated rings. The van der Waals surface area contributed by atoms with E-state index in [4.69, 9.17) is 9.47 Å². The number of ether oxygens (including phenoxy) is 2. The van der Waals surface area contributed by atoms with Gasteiger partial charge in [0.2, 0.25) is 0 Å². The molecular weight excluding hydrogens is 328 g/mol. The molecule has 0 N–H and O–H groups in total. The van der Waals surface area contributed by atoms with E-state index in [1.54, 1.807) is 0 Å². The van der Waals surface area contributed by atoms with Crippen LogP contribution in [0.1, 0.15) is 36.8 Å². The molecule has 26 heavy (non-hydrogen) atoms. The quantitative estimate of drug-likeness (QED) is 0.728. The molecule has 3 rings (SSSR count). The van der Waals surface area contributed by atoms with Gasteiger partial charge in [-0.15, -0.1) is 0 Å². The Morgan fingerprint density at radius 1 is 0.654 bits per heavy atom. The predicted molar refractivity (Wildman–Crippen MR) is 97.9 cm³/mol.